The third-order valence-electron chi connectivity index (χ3n) is 2.31. The lowest BCUT2D eigenvalue weighted by Crippen LogP contribution is -2.43. The number of hydrogen-bond donors (Lipinski definition) is 3. The number of amides is 1. The molecule has 1 amide bonds. The topological polar surface area (TPSA) is 86.6 Å². The molecule has 3 N–H and O–H groups in total. The van der Waals surface area contributed by atoms with E-state index in [-0.39, 0.29) is 0 Å². The molecule has 0 spiro atoms. The molecule has 0 saturated carbocycles. The van der Waals surface area contributed by atoms with Gasteiger partial charge in [0.15, 0.2) is 6.04 Å². The van der Waals surface area contributed by atoms with Crippen molar-refractivity contribution in [2.45, 2.75) is 11.8 Å². The Morgan fingerprint density at radius 2 is 1.94 bits per heavy atom. The van der Waals surface area contributed by atoms with Crippen molar-refractivity contribution in [3.63, 3.8) is 0 Å². The van der Waals surface area contributed by atoms with Crippen LogP contribution in [0.5, 0.6) is 0 Å². The Balaban J connectivity index is 2.69. The molecule has 0 aliphatic rings. The first-order chi connectivity index (χ1) is 8.58. The van der Waals surface area contributed by atoms with Gasteiger partial charge in [-0.15, -0.1) is 0 Å². The molecule has 0 saturated heterocycles. The molecule has 0 bridgehead atoms. The zero-order valence-electron chi connectivity index (χ0n) is 9.92. The van der Waals surface area contributed by atoms with Crippen molar-refractivity contribution < 1.29 is 19.8 Å². The molecule has 0 aromatic heterocycles. The van der Waals surface area contributed by atoms with Gasteiger partial charge in [0.25, 0.3) is 5.91 Å². The summed E-state index contributed by atoms with van der Waals surface area (Å²) in [7, 11) is 0. The van der Waals surface area contributed by atoms with Crippen LogP contribution in [0.15, 0.2) is 24.3 Å². The van der Waals surface area contributed by atoms with Gasteiger partial charge in [-0.3, -0.25) is 4.79 Å². The normalized spacial score (nSPS) is 11.9. The highest BCUT2D eigenvalue weighted by Crippen LogP contribution is 2.10. The van der Waals surface area contributed by atoms with Crippen LogP contribution in [0, 0.1) is 0 Å². The molecule has 0 radical (unpaired) electrons. The number of aliphatic hydroxyl groups excluding tert-OH is 1. The van der Waals surface area contributed by atoms with E-state index in [1.54, 1.807) is 23.9 Å². The van der Waals surface area contributed by atoms with E-state index in [0.717, 1.165) is 11.3 Å². The number of rotatable bonds is 6. The quantitative estimate of drug-likeness (QED) is 0.708. The van der Waals surface area contributed by atoms with Crippen molar-refractivity contribution in [1.29, 1.82) is 0 Å². The van der Waals surface area contributed by atoms with E-state index in [0.29, 0.717) is 5.56 Å². The molecule has 6 heteroatoms. The molecule has 1 atom stereocenters. The van der Waals surface area contributed by atoms with Crippen molar-refractivity contribution >= 4 is 23.6 Å². The Kier molecular flexibility index (Phi) is 5.67. The Hall–Kier alpha value is -1.53. The first-order valence-corrected chi connectivity index (χ1v) is 6.70. The van der Waals surface area contributed by atoms with Crippen molar-refractivity contribution in [3.8, 4) is 0 Å². The second-order valence-corrected chi connectivity index (χ2v) is 4.54. The SMILES string of the molecule is CSCc1ccc(C(=O)N[C@H](CO)C(=O)O)cc1. The number of thioether (sulfide) groups is 1. The molecule has 18 heavy (non-hydrogen) atoms. The van der Waals surface area contributed by atoms with Crippen LogP contribution in [0.3, 0.4) is 0 Å². The lowest BCUT2D eigenvalue weighted by molar-refractivity contribution is -0.140. The summed E-state index contributed by atoms with van der Waals surface area (Å²) in [5.41, 5.74) is 1.47. The molecule has 0 fully saturated rings. The van der Waals surface area contributed by atoms with Gasteiger partial charge in [-0.25, -0.2) is 4.79 Å². The summed E-state index contributed by atoms with van der Waals surface area (Å²) in [5.74, 6) is -0.909. The van der Waals surface area contributed by atoms with E-state index >= 15 is 0 Å². The Morgan fingerprint density at radius 1 is 1.33 bits per heavy atom. The molecule has 1 aromatic rings. The average molecular weight is 269 g/mol. The number of carboxylic acid groups (broad SMARTS) is 1. The van der Waals surface area contributed by atoms with Gasteiger partial charge in [0.1, 0.15) is 0 Å². The summed E-state index contributed by atoms with van der Waals surface area (Å²) in [6, 6.07) is 5.64. The minimum Gasteiger partial charge on any atom is -0.480 e. The summed E-state index contributed by atoms with van der Waals surface area (Å²) in [4.78, 5) is 22.4. The maximum atomic E-state index is 11.7. The number of hydrogen-bond acceptors (Lipinski definition) is 4. The number of nitrogens with one attached hydrogen (secondary N) is 1. The Morgan fingerprint density at radius 3 is 2.39 bits per heavy atom. The highest BCUT2D eigenvalue weighted by Gasteiger charge is 2.19. The number of carbonyl (C=O) groups is 2. The predicted octanol–water partition coefficient (Wildman–Crippen LogP) is 0.725. The van der Waals surface area contributed by atoms with E-state index in [9.17, 15) is 9.59 Å². The van der Waals surface area contributed by atoms with Gasteiger partial charge in [-0.05, 0) is 24.0 Å². The van der Waals surface area contributed by atoms with Crippen LogP contribution in [0.1, 0.15) is 15.9 Å². The van der Waals surface area contributed by atoms with Crippen LogP contribution in [0.4, 0.5) is 0 Å². The van der Waals surface area contributed by atoms with Crippen molar-refractivity contribution in [3.05, 3.63) is 35.4 Å². The molecular weight excluding hydrogens is 254 g/mol. The zero-order chi connectivity index (χ0) is 13.5. The largest absolute Gasteiger partial charge is 0.480 e. The van der Waals surface area contributed by atoms with Gasteiger partial charge in [0.05, 0.1) is 6.61 Å². The number of carbonyl (C=O) groups excluding carboxylic acids is 1. The van der Waals surface area contributed by atoms with E-state index in [1.165, 1.54) is 0 Å². The van der Waals surface area contributed by atoms with Gasteiger partial charge in [0, 0.05) is 11.3 Å². The van der Waals surface area contributed by atoms with Crippen LogP contribution in [0.25, 0.3) is 0 Å². The van der Waals surface area contributed by atoms with Crippen LogP contribution in [-0.2, 0) is 10.5 Å². The fraction of sp³-hybridized carbons (Fsp3) is 0.333. The second kappa shape index (κ2) is 7.03. The van der Waals surface area contributed by atoms with Gasteiger partial charge in [0.2, 0.25) is 0 Å². The number of carboxylic acids is 1. The zero-order valence-corrected chi connectivity index (χ0v) is 10.7. The minimum absolute atomic E-state index is 0.375. The summed E-state index contributed by atoms with van der Waals surface area (Å²) < 4.78 is 0. The summed E-state index contributed by atoms with van der Waals surface area (Å²) in [6.45, 7) is -0.633. The standard InChI is InChI=1S/C12H15NO4S/c1-18-7-8-2-4-9(5-3-8)11(15)13-10(6-14)12(16)17/h2-5,10,14H,6-7H2,1H3,(H,13,15)(H,16,17)/t10-/m1/s1. The molecule has 0 heterocycles. The third-order valence-corrected chi connectivity index (χ3v) is 2.94. The van der Waals surface area contributed by atoms with Gasteiger partial charge in [-0.2, -0.15) is 11.8 Å². The monoisotopic (exact) mass is 269 g/mol. The smallest absolute Gasteiger partial charge is 0.328 e. The maximum absolute atomic E-state index is 11.7. The van der Waals surface area contributed by atoms with Crippen LogP contribution >= 0.6 is 11.8 Å². The van der Waals surface area contributed by atoms with Crippen molar-refractivity contribution in [2.24, 2.45) is 0 Å². The Labute approximate surface area is 109 Å². The van der Waals surface area contributed by atoms with Crippen molar-refractivity contribution in [1.82, 2.24) is 5.32 Å². The molecule has 5 nitrogen and oxygen atoms in total. The summed E-state index contributed by atoms with van der Waals surface area (Å²) in [5, 5.41) is 19.8. The number of aliphatic hydroxyl groups is 1. The van der Waals surface area contributed by atoms with E-state index in [2.05, 4.69) is 5.32 Å². The summed E-state index contributed by atoms with van der Waals surface area (Å²) >= 11 is 1.68. The minimum atomic E-state index is -1.27. The molecular formula is C12H15NO4S. The maximum Gasteiger partial charge on any atom is 0.328 e. The van der Waals surface area contributed by atoms with Crippen molar-refractivity contribution in [2.75, 3.05) is 12.9 Å². The highest BCUT2D eigenvalue weighted by molar-refractivity contribution is 7.97. The molecule has 1 rings (SSSR count). The molecule has 0 unspecified atom stereocenters. The predicted molar refractivity (Wildman–Crippen MR) is 69.6 cm³/mol. The Bertz CT molecular complexity index is 419. The molecule has 98 valence electrons. The molecule has 0 aliphatic heterocycles. The second-order valence-electron chi connectivity index (χ2n) is 3.68. The highest BCUT2D eigenvalue weighted by atomic mass is 32.2. The van der Waals surface area contributed by atoms with Crippen LogP contribution < -0.4 is 5.32 Å². The van der Waals surface area contributed by atoms with E-state index in [1.807, 2.05) is 18.4 Å². The van der Waals surface area contributed by atoms with Gasteiger partial charge >= 0.3 is 5.97 Å². The third kappa shape index (κ3) is 4.05. The number of benzene rings is 1. The van der Waals surface area contributed by atoms with E-state index in [4.69, 9.17) is 10.2 Å². The van der Waals surface area contributed by atoms with E-state index < -0.39 is 24.5 Å². The first-order valence-electron chi connectivity index (χ1n) is 5.31. The summed E-state index contributed by atoms with van der Waals surface area (Å²) in [6.07, 6.45) is 1.99. The first kappa shape index (κ1) is 14.5. The number of aliphatic carboxylic acids is 1. The average Bonchev–Trinajstić information content (AvgIpc) is 2.36. The molecule has 0 aliphatic carbocycles. The fourth-order valence-electron chi connectivity index (χ4n) is 1.35. The van der Waals surface area contributed by atoms with Crippen LogP contribution in [0.2, 0.25) is 0 Å². The lowest BCUT2D eigenvalue weighted by atomic mass is 10.1. The van der Waals surface area contributed by atoms with Gasteiger partial charge in [-0.1, -0.05) is 12.1 Å². The van der Waals surface area contributed by atoms with Crippen LogP contribution in [-0.4, -0.2) is 41.0 Å². The fourth-order valence-corrected chi connectivity index (χ4v) is 1.87. The lowest BCUT2D eigenvalue weighted by Gasteiger charge is -2.11. The molecule has 1 aromatic carbocycles. The van der Waals surface area contributed by atoms with Gasteiger partial charge < -0.3 is 15.5 Å².